The van der Waals surface area contributed by atoms with Crippen molar-refractivity contribution in [2.24, 2.45) is 0 Å². The van der Waals surface area contributed by atoms with Crippen molar-refractivity contribution in [3.8, 4) is 6.07 Å². The van der Waals surface area contributed by atoms with Crippen molar-refractivity contribution < 1.29 is 8.42 Å². The summed E-state index contributed by atoms with van der Waals surface area (Å²) in [6.45, 7) is 0. The van der Waals surface area contributed by atoms with Crippen LogP contribution in [0.2, 0.25) is 0 Å². The van der Waals surface area contributed by atoms with E-state index in [0.29, 0.717) is 5.56 Å². The van der Waals surface area contributed by atoms with E-state index in [1.54, 1.807) is 24.3 Å². The van der Waals surface area contributed by atoms with E-state index in [-0.39, 0.29) is 10.7 Å². The number of pyridine rings is 1. The van der Waals surface area contributed by atoms with Crippen molar-refractivity contribution >= 4 is 15.8 Å². The van der Waals surface area contributed by atoms with Gasteiger partial charge in [0.1, 0.15) is 5.82 Å². The molecule has 0 aliphatic heterocycles. The minimum absolute atomic E-state index is 0.0344. The van der Waals surface area contributed by atoms with Crippen LogP contribution in [0.15, 0.2) is 53.6 Å². The Morgan fingerprint density at radius 1 is 1.17 bits per heavy atom. The average molecular weight is 259 g/mol. The number of hydrogen-bond donors (Lipinski definition) is 1. The van der Waals surface area contributed by atoms with E-state index in [4.69, 9.17) is 5.26 Å². The summed E-state index contributed by atoms with van der Waals surface area (Å²) in [5.74, 6) is 0.236. The molecule has 0 aliphatic carbocycles. The smallest absolute Gasteiger partial charge is 0.263 e. The standard InChI is InChI=1S/C12H9N3O2S/c13-9-10-4-3-5-11(8-10)18(16,17)15-12-6-1-2-7-14-12/h1-8H,(H,14,15). The highest BCUT2D eigenvalue weighted by atomic mass is 32.2. The van der Waals surface area contributed by atoms with Crippen molar-refractivity contribution in [1.29, 1.82) is 5.26 Å². The van der Waals surface area contributed by atoms with Crippen LogP contribution in [0.1, 0.15) is 5.56 Å². The van der Waals surface area contributed by atoms with Crippen LogP contribution in [-0.4, -0.2) is 13.4 Å². The highest BCUT2D eigenvalue weighted by molar-refractivity contribution is 7.92. The summed E-state index contributed by atoms with van der Waals surface area (Å²) in [7, 11) is -3.71. The van der Waals surface area contributed by atoms with Crippen molar-refractivity contribution in [1.82, 2.24) is 4.98 Å². The second-order valence-electron chi connectivity index (χ2n) is 3.46. The zero-order valence-electron chi connectivity index (χ0n) is 9.24. The molecule has 0 saturated carbocycles. The SMILES string of the molecule is N#Cc1cccc(S(=O)(=O)Nc2ccccn2)c1. The summed E-state index contributed by atoms with van der Waals surface area (Å²) in [6, 6.07) is 12.6. The first-order valence-corrected chi connectivity index (χ1v) is 6.54. The molecule has 1 aromatic carbocycles. The summed E-state index contributed by atoms with van der Waals surface area (Å²) in [6.07, 6.45) is 1.49. The lowest BCUT2D eigenvalue weighted by molar-refractivity contribution is 0.601. The number of sulfonamides is 1. The first-order valence-electron chi connectivity index (χ1n) is 5.06. The number of nitrogens with zero attached hydrogens (tertiary/aromatic N) is 2. The Balaban J connectivity index is 2.34. The minimum Gasteiger partial charge on any atom is -0.263 e. The van der Waals surface area contributed by atoms with Gasteiger partial charge in [0.25, 0.3) is 10.0 Å². The molecule has 1 N–H and O–H groups in total. The highest BCUT2D eigenvalue weighted by Crippen LogP contribution is 2.14. The second-order valence-corrected chi connectivity index (χ2v) is 5.14. The molecule has 1 heterocycles. The van der Waals surface area contributed by atoms with Crippen LogP contribution in [0.3, 0.4) is 0 Å². The number of benzene rings is 1. The lowest BCUT2D eigenvalue weighted by Crippen LogP contribution is -2.13. The first kappa shape index (κ1) is 12.1. The third kappa shape index (κ3) is 2.64. The Morgan fingerprint density at radius 2 is 2.00 bits per heavy atom. The van der Waals surface area contributed by atoms with E-state index in [0.717, 1.165) is 0 Å². The normalized spacial score (nSPS) is 10.6. The molecule has 0 saturated heterocycles. The third-order valence-electron chi connectivity index (χ3n) is 2.18. The van der Waals surface area contributed by atoms with Gasteiger partial charge in [-0.15, -0.1) is 0 Å². The summed E-state index contributed by atoms with van der Waals surface area (Å²) in [5.41, 5.74) is 0.291. The zero-order chi connectivity index (χ0) is 13.0. The van der Waals surface area contributed by atoms with Crippen LogP contribution in [-0.2, 0) is 10.0 Å². The maximum absolute atomic E-state index is 12.0. The van der Waals surface area contributed by atoms with Crippen LogP contribution in [0.4, 0.5) is 5.82 Å². The largest absolute Gasteiger partial charge is 0.263 e. The van der Waals surface area contributed by atoms with E-state index in [9.17, 15) is 8.42 Å². The Labute approximate surface area is 105 Å². The molecule has 18 heavy (non-hydrogen) atoms. The number of rotatable bonds is 3. The van der Waals surface area contributed by atoms with Gasteiger partial charge in [-0.25, -0.2) is 13.4 Å². The molecule has 0 atom stereocenters. The number of aromatic nitrogens is 1. The Kier molecular flexibility index (Phi) is 3.26. The van der Waals surface area contributed by atoms with E-state index in [2.05, 4.69) is 9.71 Å². The molecule has 2 aromatic rings. The molecule has 5 nitrogen and oxygen atoms in total. The van der Waals surface area contributed by atoms with Gasteiger partial charge in [-0.1, -0.05) is 12.1 Å². The molecule has 90 valence electrons. The van der Waals surface area contributed by atoms with Crippen LogP contribution in [0.5, 0.6) is 0 Å². The molecule has 1 aromatic heterocycles. The zero-order valence-corrected chi connectivity index (χ0v) is 10.1. The third-order valence-corrected chi connectivity index (χ3v) is 3.53. The van der Waals surface area contributed by atoms with Crippen molar-refractivity contribution in [2.45, 2.75) is 4.90 Å². The lowest BCUT2D eigenvalue weighted by Gasteiger charge is -2.06. The summed E-state index contributed by atoms with van der Waals surface area (Å²) in [4.78, 5) is 3.91. The van der Waals surface area contributed by atoms with Gasteiger partial charge in [-0.3, -0.25) is 4.72 Å². The molecule has 2 rings (SSSR count). The van der Waals surface area contributed by atoms with Crippen molar-refractivity contribution in [3.63, 3.8) is 0 Å². The number of anilines is 1. The van der Waals surface area contributed by atoms with Gasteiger partial charge in [0.05, 0.1) is 16.5 Å². The van der Waals surface area contributed by atoms with E-state index < -0.39 is 10.0 Å². The first-order chi connectivity index (χ1) is 8.62. The Hall–Kier alpha value is -2.39. The van der Waals surface area contributed by atoms with E-state index in [1.165, 1.54) is 24.4 Å². The van der Waals surface area contributed by atoms with Crippen LogP contribution >= 0.6 is 0 Å². The van der Waals surface area contributed by atoms with E-state index in [1.807, 2.05) is 6.07 Å². The Bertz CT molecular complexity index is 691. The second kappa shape index (κ2) is 4.85. The van der Waals surface area contributed by atoms with Crippen molar-refractivity contribution in [2.75, 3.05) is 4.72 Å². The van der Waals surface area contributed by atoms with Crippen LogP contribution in [0.25, 0.3) is 0 Å². The maximum Gasteiger partial charge on any atom is 0.263 e. The molecular weight excluding hydrogens is 250 g/mol. The van der Waals surface area contributed by atoms with Crippen LogP contribution in [0, 0.1) is 11.3 Å². The molecule has 0 amide bonds. The molecule has 0 fully saturated rings. The quantitative estimate of drug-likeness (QED) is 0.910. The molecule has 0 spiro atoms. The number of nitriles is 1. The van der Waals surface area contributed by atoms with Gasteiger partial charge >= 0.3 is 0 Å². The van der Waals surface area contributed by atoms with Gasteiger partial charge in [0.15, 0.2) is 0 Å². The van der Waals surface area contributed by atoms with Gasteiger partial charge in [-0.05, 0) is 30.3 Å². The predicted molar refractivity (Wildman–Crippen MR) is 66.2 cm³/mol. The molecule has 0 bridgehead atoms. The predicted octanol–water partition coefficient (Wildman–Crippen LogP) is 1.75. The molecule has 6 heteroatoms. The molecule has 0 aliphatic rings. The monoisotopic (exact) mass is 259 g/mol. The van der Waals surface area contributed by atoms with Crippen LogP contribution < -0.4 is 4.72 Å². The van der Waals surface area contributed by atoms with Gasteiger partial charge in [-0.2, -0.15) is 5.26 Å². The maximum atomic E-state index is 12.0. The molecular formula is C12H9N3O2S. The fraction of sp³-hybridized carbons (Fsp3) is 0. The van der Waals surface area contributed by atoms with Gasteiger partial charge < -0.3 is 0 Å². The highest BCUT2D eigenvalue weighted by Gasteiger charge is 2.14. The average Bonchev–Trinajstić information content (AvgIpc) is 2.39. The van der Waals surface area contributed by atoms with Gasteiger partial charge in [0, 0.05) is 6.20 Å². The Morgan fingerprint density at radius 3 is 2.67 bits per heavy atom. The fourth-order valence-electron chi connectivity index (χ4n) is 1.35. The molecule has 0 radical (unpaired) electrons. The number of hydrogen-bond acceptors (Lipinski definition) is 4. The van der Waals surface area contributed by atoms with E-state index >= 15 is 0 Å². The summed E-state index contributed by atoms with van der Waals surface area (Å²) >= 11 is 0. The van der Waals surface area contributed by atoms with Gasteiger partial charge in [0.2, 0.25) is 0 Å². The minimum atomic E-state index is -3.71. The molecule has 0 unspecified atom stereocenters. The summed E-state index contributed by atoms with van der Waals surface area (Å²) < 4.78 is 26.4. The fourth-order valence-corrected chi connectivity index (χ4v) is 2.41. The number of nitrogens with one attached hydrogen (secondary N) is 1. The van der Waals surface area contributed by atoms with Crippen molar-refractivity contribution in [3.05, 3.63) is 54.2 Å². The topological polar surface area (TPSA) is 82.8 Å². The lowest BCUT2D eigenvalue weighted by atomic mass is 10.2. The summed E-state index contributed by atoms with van der Waals surface area (Å²) in [5, 5.41) is 8.74.